The number of nitrogens with one attached hydrogen (secondary N) is 1. The SMILES string of the molecule is CC(C)(C)c1ccccc1OCCNC(=O)[C@@H]1CN(S(C)(=O)=O)c2ccccc2O1. The summed E-state index contributed by atoms with van der Waals surface area (Å²) in [5, 5.41) is 2.77. The number of rotatable bonds is 6. The van der Waals surface area contributed by atoms with E-state index in [4.69, 9.17) is 9.47 Å². The molecule has 1 atom stereocenters. The lowest BCUT2D eigenvalue weighted by atomic mass is 9.86. The van der Waals surface area contributed by atoms with Gasteiger partial charge in [0.25, 0.3) is 5.91 Å². The van der Waals surface area contributed by atoms with Crippen LogP contribution in [0.3, 0.4) is 0 Å². The number of hydrogen-bond donors (Lipinski definition) is 1. The first kappa shape index (κ1) is 22.0. The summed E-state index contributed by atoms with van der Waals surface area (Å²) < 4.78 is 37.1. The third-order valence-corrected chi connectivity index (χ3v) is 5.93. The van der Waals surface area contributed by atoms with Crippen molar-refractivity contribution in [2.45, 2.75) is 32.3 Å². The largest absolute Gasteiger partial charge is 0.491 e. The Balaban J connectivity index is 1.60. The van der Waals surface area contributed by atoms with Gasteiger partial charge >= 0.3 is 0 Å². The molecular weight excluding hydrogens is 404 g/mol. The molecule has 0 fully saturated rings. The molecule has 0 unspecified atom stereocenters. The van der Waals surface area contributed by atoms with Crippen LogP contribution in [0.25, 0.3) is 0 Å². The molecule has 8 heteroatoms. The molecule has 0 saturated carbocycles. The number of anilines is 1. The van der Waals surface area contributed by atoms with Gasteiger partial charge in [-0.05, 0) is 29.2 Å². The summed E-state index contributed by atoms with van der Waals surface area (Å²) in [4.78, 5) is 12.6. The van der Waals surface area contributed by atoms with Gasteiger partial charge in [0.2, 0.25) is 10.0 Å². The molecule has 0 aromatic heterocycles. The fourth-order valence-electron chi connectivity index (χ4n) is 3.31. The number of amides is 1. The molecule has 1 heterocycles. The van der Waals surface area contributed by atoms with Crippen LogP contribution < -0.4 is 19.1 Å². The number of fused-ring (bicyclic) bond motifs is 1. The van der Waals surface area contributed by atoms with Crippen LogP contribution in [0.1, 0.15) is 26.3 Å². The Morgan fingerprint density at radius 2 is 1.83 bits per heavy atom. The van der Waals surface area contributed by atoms with Crippen LogP contribution in [0, 0.1) is 0 Å². The number of ether oxygens (including phenoxy) is 2. The minimum Gasteiger partial charge on any atom is -0.491 e. The second-order valence-corrected chi connectivity index (χ2v) is 10.2. The molecule has 30 heavy (non-hydrogen) atoms. The summed E-state index contributed by atoms with van der Waals surface area (Å²) in [6, 6.07) is 14.6. The van der Waals surface area contributed by atoms with Crippen molar-refractivity contribution in [2.24, 2.45) is 0 Å². The van der Waals surface area contributed by atoms with Crippen molar-refractivity contribution in [3.63, 3.8) is 0 Å². The highest BCUT2D eigenvalue weighted by molar-refractivity contribution is 7.92. The Kier molecular flexibility index (Phi) is 6.26. The molecule has 0 spiro atoms. The molecule has 2 aromatic carbocycles. The maximum atomic E-state index is 12.6. The zero-order valence-electron chi connectivity index (χ0n) is 17.7. The normalized spacial score (nSPS) is 16.4. The number of benzene rings is 2. The highest BCUT2D eigenvalue weighted by atomic mass is 32.2. The molecule has 162 valence electrons. The van der Waals surface area contributed by atoms with Crippen LogP contribution in [0.2, 0.25) is 0 Å². The smallest absolute Gasteiger partial charge is 0.263 e. The van der Waals surface area contributed by atoms with E-state index in [0.717, 1.165) is 17.6 Å². The van der Waals surface area contributed by atoms with Crippen molar-refractivity contribution in [1.29, 1.82) is 0 Å². The van der Waals surface area contributed by atoms with E-state index in [9.17, 15) is 13.2 Å². The second-order valence-electron chi connectivity index (χ2n) is 8.25. The molecule has 2 aromatic rings. The lowest BCUT2D eigenvalue weighted by molar-refractivity contribution is -0.127. The first-order valence-electron chi connectivity index (χ1n) is 9.81. The first-order valence-corrected chi connectivity index (χ1v) is 11.7. The molecule has 1 aliphatic heterocycles. The predicted octanol–water partition coefficient (Wildman–Crippen LogP) is 2.71. The molecule has 1 N–H and O–H groups in total. The van der Waals surface area contributed by atoms with Crippen LogP contribution in [0.5, 0.6) is 11.5 Å². The van der Waals surface area contributed by atoms with Crippen LogP contribution in [-0.2, 0) is 20.2 Å². The summed E-state index contributed by atoms with van der Waals surface area (Å²) >= 11 is 0. The summed E-state index contributed by atoms with van der Waals surface area (Å²) in [6.45, 7) is 6.83. The van der Waals surface area contributed by atoms with E-state index in [1.165, 1.54) is 4.31 Å². The van der Waals surface area contributed by atoms with Crippen molar-refractivity contribution in [2.75, 3.05) is 30.3 Å². The summed E-state index contributed by atoms with van der Waals surface area (Å²) in [5.74, 6) is 0.765. The van der Waals surface area contributed by atoms with Gasteiger partial charge in [-0.3, -0.25) is 9.10 Å². The van der Waals surface area contributed by atoms with Crippen molar-refractivity contribution in [3.8, 4) is 11.5 Å². The average Bonchev–Trinajstić information content (AvgIpc) is 2.69. The van der Waals surface area contributed by atoms with Gasteiger partial charge in [-0.2, -0.15) is 0 Å². The van der Waals surface area contributed by atoms with E-state index >= 15 is 0 Å². The van der Waals surface area contributed by atoms with Gasteiger partial charge < -0.3 is 14.8 Å². The molecule has 1 aliphatic rings. The van der Waals surface area contributed by atoms with Crippen molar-refractivity contribution in [1.82, 2.24) is 5.32 Å². The molecular formula is C22H28N2O5S. The average molecular weight is 433 g/mol. The summed E-state index contributed by atoms with van der Waals surface area (Å²) in [7, 11) is -3.54. The number of carbonyl (C=O) groups excluding carboxylic acids is 1. The monoisotopic (exact) mass is 432 g/mol. The van der Waals surface area contributed by atoms with Crippen molar-refractivity contribution in [3.05, 3.63) is 54.1 Å². The van der Waals surface area contributed by atoms with Crippen LogP contribution in [0.15, 0.2) is 48.5 Å². The molecule has 0 bridgehead atoms. The van der Waals surface area contributed by atoms with Crippen LogP contribution in [0.4, 0.5) is 5.69 Å². The molecule has 7 nitrogen and oxygen atoms in total. The number of carbonyl (C=O) groups is 1. The van der Waals surface area contributed by atoms with Crippen molar-refractivity contribution >= 4 is 21.6 Å². The van der Waals surface area contributed by atoms with Crippen LogP contribution >= 0.6 is 0 Å². The molecule has 1 amide bonds. The third kappa shape index (κ3) is 5.05. The van der Waals surface area contributed by atoms with E-state index < -0.39 is 16.1 Å². The quantitative estimate of drug-likeness (QED) is 0.710. The maximum absolute atomic E-state index is 12.6. The van der Waals surface area contributed by atoms with Gasteiger partial charge in [-0.1, -0.05) is 51.1 Å². The Morgan fingerprint density at radius 1 is 1.17 bits per heavy atom. The van der Waals surface area contributed by atoms with Gasteiger partial charge in [0.05, 0.1) is 25.0 Å². The molecule has 0 saturated heterocycles. The number of nitrogens with zero attached hydrogens (tertiary/aromatic N) is 1. The highest BCUT2D eigenvalue weighted by Gasteiger charge is 2.34. The fourth-order valence-corrected chi connectivity index (χ4v) is 4.23. The predicted molar refractivity (Wildman–Crippen MR) is 117 cm³/mol. The van der Waals surface area contributed by atoms with E-state index in [-0.39, 0.29) is 31.0 Å². The maximum Gasteiger partial charge on any atom is 0.263 e. The van der Waals surface area contributed by atoms with E-state index in [1.54, 1.807) is 24.3 Å². The van der Waals surface area contributed by atoms with E-state index in [2.05, 4.69) is 26.1 Å². The van der Waals surface area contributed by atoms with Crippen molar-refractivity contribution < 1.29 is 22.7 Å². The van der Waals surface area contributed by atoms with E-state index in [1.807, 2.05) is 24.3 Å². The lowest BCUT2D eigenvalue weighted by Crippen LogP contribution is -2.51. The Labute approximate surface area is 178 Å². The van der Waals surface area contributed by atoms with Gasteiger partial charge in [-0.15, -0.1) is 0 Å². The highest BCUT2D eigenvalue weighted by Crippen LogP contribution is 2.34. The lowest BCUT2D eigenvalue weighted by Gasteiger charge is -2.33. The zero-order chi connectivity index (χ0) is 21.9. The minimum atomic E-state index is -3.54. The topological polar surface area (TPSA) is 84.9 Å². The summed E-state index contributed by atoms with van der Waals surface area (Å²) in [5.41, 5.74) is 1.47. The molecule has 0 radical (unpaired) electrons. The summed E-state index contributed by atoms with van der Waals surface area (Å²) in [6.07, 6.45) is 0.182. The van der Waals surface area contributed by atoms with E-state index in [0.29, 0.717) is 11.4 Å². The van der Waals surface area contributed by atoms with Gasteiger partial charge in [0.15, 0.2) is 6.10 Å². The third-order valence-electron chi connectivity index (χ3n) is 4.78. The van der Waals surface area contributed by atoms with Gasteiger partial charge in [0, 0.05) is 0 Å². The Hall–Kier alpha value is -2.74. The van der Waals surface area contributed by atoms with Crippen LogP contribution in [-0.4, -0.2) is 46.4 Å². The number of hydrogen-bond acceptors (Lipinski definition) is 5. The van der Waals surface area contributed by atoms with Gasteiger partial charge in [0.1, 0.15) is 18.1 Å². The first-order chi connectivity index (χ1) is 14.1. The molecule has 3 rings (SSSR count). The Morgan fingerprint density at radius 3 is 2.53 bits per heavy atom. The minimum absolute atomic E-state index is 0.0573. The van der Waals surface area contributed by atoms with Gasteiger partial charge in [-0.25, -0.2) is 8.42 Å². The Bertz CT molecular complexity index is 1010. The number of sulfonamides is 1. The molecule has 0 aliphatic carbocycles. The number of para-hydroxylation sites is 3. The zero-order valence-corrected chi connectivity index (χ0v) is 18.5. The standard InChI is InChI=1S/C22H28N2O5S/c1-22(2,3)16-9-5-7-11-18(16)28-14-13-23-21(25)20-15-24(30(4,26)27)17-10-6-8-12-19(17)29-20/h5-12,20H,13-15H2,1-4H3,(H,23,25)/t20-/m0/s1. The fraction of sp³-hybridized carbons (Fsp3) is 0.409. The second kappa shape index (κ2) is 8.55.